The highest BCUT2D eigenvalue weighted by molar-refractivity contribution is 5.89. The molecule has 188 valence electrons. The minimum absolute atomic E-state index is 0.0750. The standard InChI is InChI=1S/C32H32N2O3/c1-37-29-20-12-11-19-28(29)23-33-32(36)31(27-17-9-4-10-18-27)34(24-26-15-7-3-8-16-26)30(35)22-21-25-13-5-2-6-14-25/h2-20,31H,21-24H2,1H3,(H,33,36)/t31-/m0/s1. The molecule has 0 fully saturated rings. The first-order valence-corrected chi connectivity index (χ1v) is 12.5. The summed E-state index contributed by atoms with van der Waals surface area (Å²) in [6.45, 7) is 0.625. The minimum Gasteiger partial charge on any atom is -0.496 e. The predicted molar refractivity (Wildman–Crippen MR) is 146 cm³/mol. The Hall–Kier alpha value is -4.38. The van der Waals surface area contributed by atoms with E-state index in [1.54, 1.807) is 12.0 Å². The molecule has 1 atom stereocenters. The number of methoxy groups -OCH3 is 1. The van der Waals surface area contributed by atoms with Crippen LogP contribution >= 0.6 is 0 Å². The van der Waals surface area contributed by atoms with Crippen LogP contribution in [0.25, 0.3) is 0 Å². The molecule has 4 rings (SSSR count). The maximum Gasteiger partial charge on any atom is 0.247 e. The van der Waals surface area contributed by atoms with E-state index in [2.05, 4.69) is 5.32 Å². The van der Waals surface area contributed by atoms with Gasteiger partial charge in [-0.25, -0.2) is 0 Å². The monoisotopic (exact) mass is 492 g/mol. The summed E-state index contributed by atoms with van der Waals surface area (Å²) in [4.78, 5) is 29.2. The van der Waals surface area contributed by atoms with E-state index < -0.39 is 6.04 Å². The summed E-state index contributed by atoms with van der Waals surface area (Å²) in [6, 6.07) is 36.0. The van der Waals surface area contributed by atoms with Gasteiger partial charge in [0.25, 0.3) is 0 Å². The Morgan fingerprint density at radius 1 is 0.757 bits per heavy atom. The average Bonchev–Trinajstić information content (AvgIpc) is 2.96. The summed E-state index contributed by atoms with van der Waals surface area (Å²) in [5.74, 6) is 0.397. The maximum atomic E-state index is 13.8. The molecule has 0 unspecified atom stereocenters. The molecule has 0 saturated carbocycles. The number of nitrogens with one attached hydrogen (secondary N) is 1. The number of hydrogen-bond donors (Lipinski definition) is 1. The van der Waals surface area contributed by atoms with E-state index in [1.165, 1.54) is 0 Å². The summed E-state index contributed by atoms with van der Waals surface area (Å²) in [7, 11) is 1.61. The first-order chi connectivity index (χ1) is 18.2. The Balaban J connectivity index is 1.62. The van der Waals surface area contributed by atoms with Crippen molar-refractivity contribution in [1.82, 2.24) is 10.2 Å². The summed E-state index contributed by atoms with van der Waals surface area (Å²) in [5, 5.41) is 3.05. The van der Waals surface area contributed by atoms with E-state index in [1.807, 2.05) is 115 Å². The molecule has 37 heavy (non-hydrogen) atoms. The molecule has 0 spiro atoms. The fraction of sp³-hybridized carbons (Fsp3) is 0.188. The van der Waals surface area contributed by atoms with Gasteiger partial charge in [0.15, 0.2) is 0 Å². The summed E-state index contributed by atoms with van der Waals surface area (Å²) >= 11 is 0. The van der Waals surface area contributed by atoms with E-state index in [9.17, 15) is 9.59 Å². The summed E-state index contributed by atoms with van der Waals surface area (Å²) in [5.41, 5.74) is 3.70. The molecule has 4 aromatic carbocycles. The van der Waals surface area contributed by atoms with Gasteiger partial charge in [-0.1, -0.05) is 109 Å². The summed E-state index contributed by atoms with van der Waals surface area (Å²) < 4.78 is 5.45. The van der Waals surface area contributed by atoms with E-state index in [-0.39, 0.29) is 11.8 Å². The van der Waals surface area contributed by atoms with Crippen molar-refractivity contribution < 1.29 is 14.3 Å². The molecule has 0 aliphatic rings. The van der Waals surface area contributed by atoms with Gasteiger partial charge in [-0.05, 0) is 29.2 Å². The van der Waals surface area contributed by atoms with Crippen LogP contribution in [0, 0.1) is 0 Å². The van der Waals surface area contributed by atoms with Gasteiger partial charge in [-0.2, -0.15) is 0 Å². The quantitative estimate of drug-likeness (QED) is 0.292. The van der Waals surface area contributed by atoms with Crippen LogP contribution in [0.4, 0.5) is 0 Å². The molecule has 0 bridgehead atoms. The lowest BCUT2D eigenvalue weighted by Gasteiger charge is -2.32. The largest absolute Gasteiger partial charge is 0.496 e. The lowest BCUT2D eigenvalue weighted by atomic mass is 10.0. The third-order valence-electron chi connectivity index (χ3n) is 6.31. The number of aryl methyl sites for hydroxylation is 1. The number of hydrogen-bond acceptors (Lipinski definition) is 3. The third-order valence-corrected chi connectivity index (χ3v) is 6.31. The lowest BCUT2D eigenvalue weighted by molar-refractivity contribution is -0.141. The minimum atomic E-state index is -0.778. The Morgan fingerprint density at radius 3 is 1.97 bits per heavy atom. The fourth-order valence-corrected chi connectivity index (χ4v) is 4.38. The normalized spacial score (nSPS) is 11.4. The van der Waals surface area contributed by atoms with Crippen molar-refractivity contribution in [2.75, 3.05) is 7.11 Å². The number of benzene rings is 4. The van der Waals surface area contributed by atoms with Crippen LogP contribution < -0.4 is 10.1 Å². The maximum absolute atomic E-state index is 13.8. The topological polar surface area (TPSA) is 58.6 Å². The third kappa shape index (κ3) is 7.07. The molecule has 0 saturated heterocycles. The molecule has 0 aromatic heterocycles. The number of para-hydroxylation sites is 1. The van der Waals surface area contributed by atoms with Gasteiger partial charge in [-0.15, -0.1) is 0 Å². The van der Waals surface area contributed by atoms with Gasteiger partial charge in [0, 0.05) is 25.1 Å². The van der Waals surface area contributed by atoms with Crippen LogP contribution in [0.2, 0.25) is 0 Å². The number of carbonyl (C=O) groups excluding carboxylic acids is 2. The van der Waals surface area contributed by atoms with Crippen molar-refractivity contribution in [2.45, 2.75) is 32.0 Å². The van der Waals surface area contributed by atoms with Crippen LogP contribution in [0.5, 0.6) is 5.75 Å². The molecule has 1 N–H and O–H groups in total. The zero-order chi connectivity index (χ0) is 25.9. The van der Waals surface area contributed by atoms with Crippen LogP contribution in [0.1, 0.15) is 34.7 Å². The predicted octanol–water partition coefficient (Wildman–Crippen LogP) is 5.71. The highest BCUT2D eigenvalue weighted by atomic mass is 16.5. The SMILES string of the molecule is COc1ccccc1CNC(=O)[C@H](c1ccccc1)N(Cc1ccccc1)C(=O)CCc1ccccc1. The second kappa shape index (κ2) is 13.1. The summed E-state index contributed by atoms with van der Waals surface area (Å²) in [6.07, 6.45) is 0.912. The van der Waals surface area contributed by atoms with Crippen LogP contribution in [-0.4, -0.2) is 23.8 Å². The van der Waals surface area contributed by atoms with Gasteiger partial charge in [-0.3, -0.25) is 9.59 Å². The van der Waals surface area contributed by atoms with Gasteiger partial charge >= 0.3 is 0 Å². The molecule has 5 heteroatoms. The highest BCUT2D eigenvalue weighted by Gasteiger charge is 2.31. The van der Waals surface area contributed by atoms with Crippen LogP contribution in [-0.2, 0) is 29.1 Å². The number of nitrogens with zero attached hydrogens (tertiary/aromatic N) is 1. The second-order valence-corrected chi connectivity index (χ2v) is 8.84. The molecule has 4 aromatic rings. The van der Waals surface area contributed by atoms with E-state index in [0.29, 0.717) is 31.7 Å². The zero-order valence-electron chi connectivity index (χ0n) is 21.0. The van der Waals surface area contributed by atoms with Crippen molar-refractivity contribution in [1.29, 1.82) is 0 Å². The molecule has 0 heterocycles. The number of carbonyl (C=O) groups is 2. The molecule has 5 nitrogen and oxygen atoms in total. The smallest absolute Gasteiger partial charge is 0.247 e. The van der Waals surface area contributed by atoms with Crippen molar-refractivity contribution in [3.63, 3.8) is 0 Å². The number of amides is 2. The van der Waals surface area contributed by atoms with Crippen LogP contribution in [0.15, 0.2) is 115 Å². The molecular formula is C32H32N2O3. The van der Waals surface area contributed by atoms with Crippen molar-refractivity contribution >= 4 is 11.8 Å². The fourth-order valence-electron chi connectivity index (χ4n) is 4.38. The van der Waals surface area contributed by atoms with Crippen LogP contribution in [0.3, 0.4) is 0 Å². The van der Waals surface area contributed by atoms with Gasteiger partial charge in [0.05, 0.1) is 7.11 Å². The first-order valence-electron chi connectivity index (χ1n) is 12.5. The molecule has 2 amide bonds. The Kier molecular flexibility index (Phi) is 9.08. The van der Waals surface area contributed by atoms with Crippen molar-refractivity contribution in [3.05, 3.63) is 138 Å². The molecular weight excluding hydrogens is 460 g/mol. The van der Waals surface area contributed by atoms with Gasteiger partial charge in [0.1, 0.15) is 11.8 Å². The van der Waals surface area contributed by atoms with E-state index in [0.717, 1.165) is 22.3 Å². The average molecular weight is 493 g/mol. The second-order valence-electron chi connectivity index (χ2n) is 8.84. The Labute approximate surface area is 218 Å². The van der Waals surface area contributed by atoms with Gasteiger partial charge < -0.3 is 15.0 Å². The Bertz CT molecular complexity index is 1280. The molecule has 0 aliphatic heterocycles. The molecule has 0 aliphatic carbocycles. The van der Waals surface area contributed by atoms with Crippen molar-refractivity contribution in [3.8, 4) is 5.75 Å². The van der Waals surface area contributed by atoms with Gasteiger partial charge in [0.2, 0.25) is 11.8 Å². The van der Waals surface area contributed by atoms with E-state index in [4.69, 9.17) is 4.74 Å². The van der Waals surface area contributed by atoms with Crippen molar-refractivity contribution in [2.24, 2.45) is 0 Å². The van der Waals surface area contributed by atoms with E-state index >= 15 is 0 Å². The Morgan fingerprint density at radius 2 is 1.32 bits per heavy atom. The number of ether oxygens (including phenoxy) is 1. The lowest BCUT2D eigenvalue weighted by Crippen LogP contribution is -2.43. The molecule has 0 radical (unpaired) electrons. The number of rotatable bonds is 11. The first kappa shape index (κ1) is 25.7. The highest BCUT2D eigenvalue weighted by Crippen LogP contribution is 2.26. The zero-order valence-corrected chi connectivity index (χ0v) is 21.0.